The summed E-state index contributed by atoms with van der Waals surface area (Å²) in [5, 5.41) is 1.18. The van der Waals surface area contributed by atoms with E-state index >= 15 is 0 Å². The molecule has 2 aliphatic heterocycles. The number of hydrogen-bond donors (Lipinski definition) is 0. The Labute approximate surface area is 172 Å². The van der Waals surface area contributed by atoms with Crippen molar-refractivity contribution in [3.63, 3.8) is 0 Å². The standard InChI is InChI=1S/C23H30N4O2/c1-16-13-20(24-19-8-6-5-7-18(16)19)25-9-11-26(12-10-25)22(29)17-14-21(28)27(15-17)23(2,3)4/h5-8,13,17H,9-12,14-15H2,1-4H3. The highest BCUT2D eigenvalue weighted by Crippen LogP contribution is 2.28. The normalized spacial score (nSPS) is 20.6. The number of para-hydroxylation sites is 1. The molecule has 1 unspecified atom stereocenters. The number of rotatable bonds is 2. The maximum atomic E-state index is 13.0. The Hall–Kier alpha value is -2.63. The third kappa shape index (κ3) is 3.80. The lowest BCUT2D eigenvalue weighted by molar-refractivity contribution is -0.136. The summed E-state index contributed by atoms with van der Waals surface area (Å²) in [6.45, 7) is 11.6. The van der Waals surface area contributed by atoms with E-state index in [0.29, 0.717) is 26.1 Å². The molecule has 2 aliphatic rings. The maximum absolute atomic E-state index is 13.0. The molecular formula is C23H30N4O2. The molecule has 3 heterocycles. The number of hydrogen-bond acceptors (Lipinski definition) is 4. The van der Waals surface area contributed by atoms with Crippen LogP contribution in [0, 0.1) is 12.8 Å². The third-order valence-corrected chi connectivity index (χ3v) is 6.11. The molecule has 2 fully saturated rings. The lowest BCUT2D eigenvalue weighted by Crippen LogP contribution is -2.51. The molecule has 154 valence electrons. The number of piperazine rings is 1. The average Bonchev–Trinajstić information content (AvgIpc) is 3.10. The van der Waals surface area contributed by atoms with Gasteiger partial charge in [-0.15, -0.1) is 0 Å². The minimum absolute atomic E-state index is 0.0883. The number of pyridine rings is 1. The highest BCUT2D eigenvalue weighted by atomic mass is 16.2. The van der Waals surface area contributed by atoms with Crippen LogP contribution in [0.5, 0.6) is 0 Å². The average molecular weight is 395 g/mol. The lowest BCUT2D eigenvalue weighted by Gasteiger charge is -2.37. The van der Waals surface area contributed by atoms with Crippen molar-refractivity contribution in [3.05, 3.63) is 35.9 Å². The van der Waals surface area contributed by atoms with E-state index < -0.39 is 0 Å². The second-order valence-corrected chi connectivity index (χ2v) is 9.20. The molecule has 29 heavy (non-hydrogen) atoms. The third-order valence-electron chi connectivity index (χ3n) is 6.11. The van der Waals surface area contributed by atoms with Gasteiger partial charge in [0.05, 0.1) is 11.4 Å². The van der Waals surface area contributed by atoms with E-state index in [0.717, 1.165) is 24.4 Å². The number of aryl methyl sites for hydroxylation is 1. The summed E-state index contributed by atoms with van der Waals surface area (Å²) in [6.07, 6.45) is 0.335. The molecule has 2 amide bonds. The Bertz CT molecular complexity index is 942. The fraction of sp³-hybridized carbons (Fsp3) is 0.522. The Morgan fingerprint density at radius 3 is 2.45 bits per heavy atom. The summed E-state index contributed by atoms with van der Waals surface area (Å²) in [5.74, 6) is 0.968. The van der Waals surface area contributed by atoms with Crippen molar-refractivity contribution in [1.82, 2.24) is 14.8 Å². The Balaban J connectivity index is 1.41. The molecule has 0 spiro atoms. The molecule has 0 saturated carbocycles. The van der Waals surface area contributed by atoms with E-state index in [4.69, 9.17) is 4.98 Å². The van der Waals surface area contributed by atoms with Gasteiger partial charge in [-0.2, -0.15) is 0 Å². The Morgan fingerprint density at radius 2 is 1.79 bits per heavy atom. The first-order valence-corrected chi connectivity index (χ1v) is 10.4. The fourth-order valence-corrected chi connectivity index (χ4v) is 4.43. The highest BCUT2D eigenvalue weighted by molar-refractivity contribution is 5.90. The molecule has 4 rings (SSSR count). The quantitative estimate of drug-likeness (QED) is 0.786. The summed E-state index contributed by atoms with van der Waals surface area (Å²) in [7, 11) is 0. The van der Waals surface area contributed by atoms with E-state index in [1.807, 2.05) is 48.8 Å². The van der Waals surface area contributed by atoms with Crippen molar-refractivity contribution in [1.29, 1.82) is 0 Å². The summed E-state index contributed by atoms with van der Waals surface area (Å²) in [4.78, 5) is 36.2. The molecule has 0 aliphatic carbocycles. The summed E-state index contributed by atoms with van der Waals surface area (Å²) < 4.78 is 0. The van der Waals surface area contributed by atoms with Gasteiger partial charge in [0.15, 0.2) is 0 Å². The number of anilines is 1. The van der Waals surface area contributed by atoms with Crippen molar-refractivity contribution in [2.24, 2.45) is 5.92 Å². The SMILES string of the molecule is Cc1cc(N2CCN(C(=O)C3CC(=O)N(C(C)(C)C)C3)CC2)nc2ccccc12. The second-order valence-electron chi connectivity index (χ2n) is 9.20. The topological polar surface area (TPSA) is 56.8 Å². The number of likely N-dealkylation sites (tertiary alicyclic amines) is 1. The minimum Gasteiger partial charge on any atom is -0.353 e. The molecule has 6 nitrogen and oxygen atoms in total. The van der Waals surface area contributed by atoms with Gasteiger partial charge < -0.3 is 14.7 Å². The second kappa shape index (κ2) is 7.32. The summed E-state index contributed by atoms with van der Waals surface area (Å²) in [5.41, 5.74) is 1.99. The van der Waals surface area contributed by atoms with Gasteiger partial charge in [-0.3, -0.25) is 9.59 Å². The van der Waals surface area contributed by atoms with Crippen LogP contribution in [0.4, 0.5) is 5.82 Å². The first kappa shape index (κ1) is 19.7. The van der Waals surface area contributed by atoms with Crippen LogP contribution in [0.15, 0.2) is 30.3 Å². The number of carbonyl (C=O) groups is 2. The van der Waals surface area contributed by atoms with Crippen LogP contribution in [0.1, 0.15) is 32.8 Å². The van der Waals surface area contributed by atoms with Crippen molar-refractivity contribution in [3.8, 4) is 0 Å². The number of carbonyl (C=O) groups excluding carboxylic acids is 2. The smallest absolute Gasteiger partial charge is 0.228 e. The number of nitrogens with zero attached hydrogens (tertiary/aromatic N) is 4. The van der Waals surface area contributed by atoms with E-state index in [1.54, 1.807) is 0 Å². The van der Waals surface area contributed by atoms with E-state index in [-0.39, 0.29) is 23.3 Å². The molecule has 2 saturated heterocycles. The van der Waals surface area contributed by atoms with Crippen LogP contribution in [0.3, 0.4) is 0 Å². The van der Waals surface area contributed by atoms with Crippen LogP contribution in [0.2, 0.25) is 0 Å². The molecule has 1 aromatic heterocycles. The molecule has 6 heteroatoms. The fourth-order valence-electron chi connectivity index (χ4n) is 4.43. The monoisotopic (exact) mass is 394 g/mol. The Morgan fingerprint density at radius 1 is 1.10 bits per heavy atom. The van der Waals surface area contributed by atoms with Crippen molar-refractivity contribution >= 4 is 28.5 Å². The van der Waals surface area contributed by atoms with Crippen LogP contribution in [0.25, 0.3) is 10.9 Å². The van der Waals surface area contributed by atoms with Gasteiger partial charge in [-0.25, -0.2) is 4.98 Å². The molecule has 2 aromatic rings. The zero-order valence-corrected chi connectivity index (χ0v) is 17.8. The predicted molar refractivity (Wildman–Crippen MR) is 115 cm³/mol. The van der Waals surface area contributed by atoms with Gasteiger partial charge in [0.2, 0.25) is 11.8 Å². The molecule has 0 radical (unpaired) electrons. The molecular weight excluding hydrogens is 364 g/mol. The number of benzene rings is 1. The van der Waals surface area contributed by atoms with Crippen LogP contribution < -0.4 is 4.90 Å². The van der Waals surface area contributed by atoms with E-state index in [2.05, 4.69) is 24.0 Å². The van der Waals surface area contributed by atoms with Gasteiger partial charge >= 0.3 is 0 Å². The van der Waals surface area contributed by atoms with Crippen LogP contribution in [-0.2, 0) is 9.59 Å². The zero-order chi connectivity index (χ0) is 20.8. The predicted octanol–water partition coefficient (Wildman–Crippen LogP) is 2.84. The van der Waals surface area contributed by atoms with Gasteiger partial charge in [0, 0.05) is 50.1 Å². The van der Waals surface area contributed by atoms with Gasteiger partial charge in [0.25, 0.3) is 0 Å². The lowest BCUT2D eigenvalue weighted by atomic mass is 10.1. The van der Waals surface area contributed by atoms with Crippen molar-refractivity contribution in [2.45, 2.75) is 39.7 Å². The molecule has 0 N–H and O–H groups in total. The van der Waals surface area contributed by atoms with Crippen LogP contribution in [-0.4, -0.2) is 64.9 Å². The van der Waals surface area contributed by atoms with Gasteiger partial charge in [-0.1, -0.05) is 18.2 Å². The first-order chi connectivity index (χ1) is 13.7. The van der Waals surface area contributed by atoms with E-state index in [1.165, 1.54) is 10.9 Å². The van der Waals surface area contributed by atoms with E-state index in [9.17, 15) is 9.59 Å². The highest BCUT2D eigenvalue weighted by Gasteiger charge is 2.41. The minimum atomic E-state index is -0.232. The van der Waals surface area contributed by atoms with Crippen molar-refractivity contribution < 1.29 is 9.59 Å². The zero-order valence-electron chi connectivity index (χ0n) is 17.8. The first-order valence-electron chi connectivity index (χ1n) is 10.4. The molecule has 1 aromatic carbocycles. The number of fused-ring (bicyclic) bond motifs is 1. The van der Waals surface area contributed by atoms with Gasteiger partial charge in [-0.05, 0) is 45.4 Å². The summed E-state index contributed by atoms with van der Waals surface area (Å²) >= 11 is 0. The molecule has 1 atom stereocenters. The van der Waals surface area contributed by atoms with Crippen LogP contribution >= 0.6 is 0 Å². The Kier molecular flexibility index (Phi) is 4.97. The van der Waals surface area contributed by atoms with Gasteiger partial charge in [0.1, 0.15) is 5.82 Å². The number of aromatic nitrogens is 1. The number of amides is 2. The van der Waals surface area contributed by atoms with Crippen molar-refractivity contribution in [2.75, 3.05) is 37.6 Å². The largest absolute Gasteiger partial charge is 0.353 e. The summed E-state index contributed by atoms with van der Waals surface area (Å²) in [6, 6.07) is 10.3. The molecule has 0 bridgehead atoms. The maximum Gasteiger partial charge on any atom is 0.228 e.